The second kappa shape index (κ2) is 7.79. The van der Waals surface area contributed by atoms with E-state index in [1.165, 1.54) is 19.2 Å². The van der Waals surface area contributed by atoms with E-state index in [4.69, 9.17) is 9.47 Å². The molecule has 0 fully saturated rings. The van der Waals surface area contributed by atoms with E-state index < -0.39 is 21.7 Å². The van der Waals surface area contributed by atoms with Crippen molar-refractivity contribution in [1.29, 1.82) is 0 Å². The van der Waals surface area contributed by atoms with Crippen molar-refractivity contribution in [2.24, 2.45) is 0 Å². The standard InChI is InChI=1S/C17H19F2NO4S/c1-11-9-17(12(2)8-16(11)23-3)25(21,22)20-6-7-24-13-4-5-14(18)15(19)10-13/h4-5,8-10,20H,6-7H2,1-3H3. The minimum absolute atomic E-state index is 0.0220. The van der Waals surface area contributed by atoms with Gasteiger partial charge >= 0.3 is 0 Å². The van der Waals surface area contributed by atoms with Gasteiger partial charge in [0.15, 0.2) is 11.6 Å². The number of sulfonamides is 1. The number of aryl methyl sites for hydroxylation is 2. The fraction of sp³-hybridized carbons (Fsp3) is 0.294. The van der Waals surface area contributed by atoms with Gasteiger partial charge < -0.3 is 9.47 Å². The molecule has 2 aromatic rings. The Morgan fingerprint density at radius 2 is 1.76 bits per heavy atom. The quantitative estimate of drug-likeness (QED) is 0.760. The van der Waals surface area contributed by atoms with Gasteiger partial charge in [-0.2, -0.15) is 0 Å². The van der Waals surface area contributed by atoms with Gasteiger partial charge in [-0.1, -0.05) is 0 Å². The van der Waals surface area contributed by atoms with E-state index in [1.807, 2.05) is 0 Å². The van der Waals surface area contributed by atoms with Crippen LogP contribution in [0.3, 0.4) is 0 Å². The van der Waals surface area contributed by atoms with Crippen molar-refractivity contribution in [2.45, 2.75) is 18.7 Å². The van der Waals surface area contributed by atoms with Crippen LogP contribution in [0.1, 0.15) is 11.1 Å². The summed E-state index contributed by atoms with van der Waals surface area (Å²) in [5.41, 5.74) is 1.25. The number of hydrogen-bond donors (Lipinski definition) is 1. The van der Waals surface area contributed by atoms with Crippen LogP contribution in [-0.2, 0) is 10.0 Å². The van der Waals surface area contributed by atoms with Crippen molar-refractivity contribution in [3.8, 4) is 11.5 Å². The van der Waals surface area contributed by atoms with E-state index in [0.29, 0.717) is 16.9 Å². The molecule has 0 saturated heterocycles. The zero-order chi connectivity index (χ0) is 18.6. The maximum absolute atomic E-state index is 13.1. The van der Waals surface area contributed by atoms with Gasteiger partial charge in [0.1, 0.15) is 18.1 Å². The lowest BCUT2D eigenvalue weighted by Gasteiger charge is -2.13. The largest absolute Gasteiger partial charge is 0.496 e. The summed E-state index contributed by atoms with van der Waals surface area (Å²) in [6.45, 7) is 3.38. The molecule has 0 heterocycles. The number of rotatable bonds is 7. The minimum atomic E-state index is -3.73. The van der Waals surface area contributed by atoms with Crippen LogP contribution in [0, 0.1) is 25.5 Å². The summed E-state index contributed by atoms with van der Waals surface area (Å²) < 4.78 is 63.5. The predicted octanol–water partition coefficient (Wildman–Crippen LogP) is 2.95. The SMILES string of the molecule is COc1cc(C)c(S(=O)(=O)NCCOc2ccc(F)c(F)c2)cc1C. The van der Waals surface area contributed by atoms with Gasteiger partial charge in [0.05, 0.1) is 12.0 Å². The van der Waals surface area contributed by atoms with Crippen molar-refractivity contribution in [2.75, 3.05) is 20.3 Å². The summed E-state index contributed by atoms with van der Waals surface area (Å²) in [6.07, 6.45) is 0. The lowest BCUT2D eigenvalue weighted by Crippen LogP contribution is -2.29. The van der Waals surface area contributed by atoms with E-state index in [0.717, 1.165) is 12.1 Å². The molecule has 0 unspecified atom stereocenters. The maximum atomic E-state index is 13.1. The molecule has 2 rings (SSSR count). The van der Waals surface area contributed by atoms with Gasteiger partial charge in [0, 0.05) is 12.6 Å². The van der Waals surface area contributed by atoms with Crippen LogP contribution in [0.25, 0.3) is 0 Å². The second-order valence-corrected chi connectivity index (χ2v) is 7.14. The average molecular weight is 371 g/mol. The van der Waals surface area contributed by atoms with Crippen molar-refractivity contribution in [3.05, 3.63) is 53.1 Å². The number of ether oxygens (including phenoxy) is 2. The molecule has 0 bridgehead atoms. The Labute approximate surface area is 145 Å². The molecule has 0 atom stereocenters. The second-order valence-electron chi connectivity index (χ2n) is 5.41. The highest BCUT2D eigenvalue weighted by Gasteiger charge is 2.18. The summed E-state index contributed by atoms with van der Waals surface area (Å²) in [5.74, 6) is -1.27. The van der Waals surface area contributed by atoms with Gasteiger partial charge in [0.25, 0.3) is 0 Å². The number of halogens is 2. The first-order chi connectivity index (χ1) is 11.7. The summed E-state index contributed by atoms with van der Waals surface area (Å²) in [6, 6.07) is 6.30. The Kier molecular flexibility index (Phi) is 5.97. The molecule has 5 nitrogen and oxygen atoms in total. The molecule has 0 aliphatic carbocycles. The van der Waals surface area contributed by atoms with Gasteiger partial charge in [-0.15, -0.1) is 0 Å². The molecule has 1 N–H and O–H groups in total. The number of hydrogen-bond acceptors (Lipinski definition) is 4. The van der Waals surface area contributed by atoms with Crippen molar-refractivity contribution >= 4 is 10.0 Å². The molecular weight excluding hydrogens is 352 g/mol. The third-order valence-corrected chi connectivity index (χ3v) is 5.14. The molecule has 0 amide bonds. The average Bonchev–Trinajstić information content (AvgIpc) is 2.56. The summed E-state index contributed by atoms with van der Waals surface area (Å²) in [5, 5.41) is 0. The van der Waals surface area contributed by atoms with E-state index in [2.05, 4.69) is 4.72 Å². The van der Waals surface area contributed by atoms with Crippen LogP contribution in [-0.4, -0.2) is 28.7 Å². The molecule has 136 valence electrons. The molecular formula is C17H19F2NO4S. The van der Waals surface area contributed by atoms with E-state index in [9.17, 15) is 17.2 Å². The Balaban J connectivity index is 2.00. The first-order valence-electron chi connectivity index (χ1n) is 7.47. The first-order valence-corrected chi connectivity index (χ1v) is 8.95. The zero-order valence-electron chi connectivity index (χ0n) is 14.1. The molecule has 0 saturated carbocycles. The smallest absolute Gasteiger partial charge is 0.240 e. The Morgan fingerprint density at radius 1 is 1.04 bits per heavy atom. The maximum Gasteiger partial charge on any atom is 0.240 e. The third kappa shape index (κ3) is 4.67. The first kappa shape index (κ1) is 19.1. The van der Waals surface area contributed by atoms with Crippen molar-refractivity contribution in [3.63, 3.8) is 0 Å². The van der Waals surface area contributed by atoms with Crippen LogP contribution in [0.2, 0.25) is 0 Å². The van der Waals surface area contributed by atoms with E-state index >= 15 is 0 Å². The summed E-state index contributed by atoms with van der Waals surface area (Å²) >= 11 is 0. The highest BCUT2D eigenvalue weighted by Crippen LogP contribution is 2.25. The van der Waals surface area contributed by atoms with Crippen molar-refractivity contribution < 1.29 is 26.7 Å². The minimum Gasteiger partial charge on any atom is -0.496 e. The van der Waals surface area contributed by atoms with Crippen molar-refractivity contribution in [1.82, 2.24) is 4.72 Å². The number of methoxy groups -OCH3 is 1. The van der Waals surface area contributed by atoms with Crippen LogP contribution in [0.5, 0.6) is 11.5 Å². The van der Waals surface area contributed by atoms with Gasteiger partial charge in [-0.25, -0.2) is 21.9 Å². The molecule has 25 heavy (non-hydrogen) atoms. The normalized spacial score (nSPS) is 11.4. The molecule has 0 aliphatic rings. The predicted molar refractivity (Wildman–Crippen MR) is 89.5 cm³/mol. The summed E-state index contributed by atoms with van der Waals surface area (Å²) in [7, 11) is -2.21. The molecule has 0 radical (unpaired) electrons. The van der Waals surface area contributed by atoms with Gasteiger partial charge in [-0.05, 0) is 49.2 Å². The highest BCUT2D eigenvalue weighted by atomic mass is 32.2. The number of benzene rings is 2. The third-order valence-electron chi connectivity index (χ3n) is 3.54. The molecule has 8 heteroatoms. The Hall–Kier alpha value is -2.19. The topological polar surface area (TPSA) is 64.6 Å². The highest BCUT2D eigenvalue weighted by molar-refractivity contribution is 7.89. The summed E-state index contributed by atoms with van der Waals surface area (Å²) in [4.78, 5) is 0.152. The molecule has 0 aliphatic heterocycles. The molecule has 0 aromatic heterocycles. The fourth-order valence-electron chi connectivity index (χ4n) is 2.26. The van der Waals surface area contributed by atoms with E-state index in [1.54, 1.807) is 19.9 Å². The fourth-order valence-corrected chi connectivity index (χ4v) is 3.58. The van der Waals surface area contributed by atoms with Crippen LogP contribution >= 0.6 is 0 Å². The lowest BCUT2D eigenvalue weighted by molar-refractivity contribution is 0.319. The monoisotopic (exact) mass is 371 g/mol. The molecule has 2 aromatic carbocycles. The Bertz CT molecular complexity index is 869. The number of nitrogens with one attached hydrogen (secondary N) is 1. The van der Waals surface area contributed by atoms with Crippen LogP contribution in [0.4, 0.5) is 8.78 Å². The lowest BCUT2D eigenvalue weighted by atomic mass is 10.1. The van der Waals surface area contributed by atoms with Gasteiger partial charge in [0.2, 0.25) is 10.0 Å². The zero-order valence-corrected chi connectivity index (χ0v) is 14.9. The van der Waals surface area contributed by atoms with E-state index in [-0.39, 0.29) is 23.8 Å². The Morgan fingerprint density at radius 3 is 2.40 bits per heavy atom. The van der Waals surface area contributed by atoms with Crippen LogP contribution < -0.4 is 14.2 Å². The molecule has 0 spiro atoms. The van der Waals surface area contributed by atoms with Gasteiger partial charge in [-0.3, -0.25) is 0 Å². The van der Waals surface area contributed by atoms with Crippen LogP contribution in [0.15, 0.2) is 35.2 Å².